The Morgan fingerprint density at radius 3 is 1.41 bits per heavy atom. The van der Waals surface area contributed by atoms with Gasteiger partial charge >= 0.3 is 0 Å². The van der Waals surface area contributed by atoms with Gasteiger partial charge < -0.3 is 24.6 Å². The summed E-state index contributed by atoms with van der Waals surface area (Å²) in [6.07, 6.45) is 0. The predicted molar refractivity (Wildman–Crippen MR) is 308 cm³/mol. The molecule has 0 aliphatic carbocycles. The minimum atomic E-state index is -0.270. The van der Waals surface area contributed by atoms with E-state index in [1.807, 2.05) is 60.7 Å². The van der Waals surface area contributed by atoms with Gasteiger partial charge in [-0.3, -0.25) is 20.2 Å². The number of hydrogen-bond acceptors (Lipinski definition) is 9. The average Bonchev–Trinajstić information content (AvgIpc) is 3.85. The van der Waals surface area contributed by atoms with Gasteiger partial charge in [-0.2, -0.15) is 0 Å². The zero-order valence-corrected chi connectivity index (χ0v) is 44.2. The Labute approximate surface area is 443 Å². The van der Waals surface area contributed by atoms with Crippen molar-refractivity contribution in [3.63, 3.8) is 0 Å². The van der Waals surface area contributed by atoms with Gasteiger partial charge in [-0.05, 0) is 117 Å². The summed E-state index contributed by atoms with van der Waals surface area (Å²) in [5.74, 6) is 0.858. The van der Waals surface area contributed by atoms with Crippen LogP contribution in [0.15, 0.2) is 188 Å². The Balaban J connectivity index is 0.000000197. The number of carbonyl (C=O) groups is 2. The summed E-state index contributed by atoms with van der Waals surface area (Å²) in [6.45, 7) is 11.3. The van der Waals surface area contributed by atoms with E-state index in [0.29, 0.717) is 33.4 Å². The SMILES string of the molecule is COc1ccc(N(Cc2ccc(C)cc2)Cc2ccc(C)cc2)c2sc(NC(=O)c3ccccc3)nc12.COc1ccc(N(Cc2ccc(C)cc2)Cc2ccc(C)cc2)cc1NC(=S)NC(=O)c1ccccc1. The van der Waals surface area contributed by atoms with Crippen LogP contribution in [0.25, 0.3) is 10.2 Å². The van der Waals surface area contributed by atoms with E-state index in [4.69, 9.17) is 26.7 Å². The molecule has 0 atom stereocenters. The lowest BCUT2D eigenvalue weighted by Gasteiger charge is -2.27. The summed E-state index contributed by atoms with van der Waals surface area (Å²) in [6, 6.07) is 62.6. The van der Waals surface area contributed by atoms with E-state index >= 15 is 0 Å². The lowest BCUT2D eigenvalue weighted by molar-refractivity contribution is 0.0976. The number of thiazole rings is 1. The molecule has 0 radical (unpaired) electrons. The summed E-state index contributed by atoms with van der Waals surface area (Å²) in [4.78, 5) is 34.8. The summed E-state index contributed by atoms with van der Waals surface area (Å²) in [7, 11) is 3.26. The fourth-order valence-corrected chi connectivity index (χ4v) is 9.45. The quantitative estimate of drug-likeness (QED) is 0.0816. The first-order valence-electron chi connectivity index (χ1n) is 24.3. The number of nitrogens with one attached hydrogen (secondary N) is 3. The molecule has 0 spiro atoms. The van der Waals surface area contributed by atoms with Crippen LogP contribution in [0, 0.1) is 27.7 Å². The van der Waals surface area contributed by atoms with E-state index in [2.05, 4.69) is 157 Å². The number of thiocarbonyl (C=S) groups is 1. The first-order chi connectivity index (χ1) is 35.9. The minimum Gasteiger partial charge on any atom is -0.495 e. The van der Waals surface area contributed by atoms with Gasteiger partial charge in [-0.1, -0.05) is 167 Å². The van der Waals surface area contributed by atoms with Gasteiger partial charge in [-0.25, -0.2) is 4.98 Å². The van der Waals surface area contributed by atoms with Crippen molar-refractivity contribution in [2.75, 3.05) is 34.7 Å². The zero-order valence-electron chi connectivity index (χ0n) is 42.5. The monoisotopic (exact) mass is 1020 g/mol. The molecule has 3 N–H and O–H groups in total. The number of anilines is 4. The van der Waals surface area contributed by atoms with Gasteiger partial charge in [-0.15, -0.1) is 0 Å². The largest absolute Gasteiger partial charge is 0.495 e. The third kappa shape index (κ3) is 14.0. The number of fused-ring (bicyclic) bond motifs is 1. The van der Waals surface area contributed by atoms with Gasteiger partial charge in [0.25, 0.3) is 11.8 Å². The van der Waals surface area contributed by atoms with Crippen LogP contribution in [0.5, 0.6) is 11.5 Å². The normalized spacial score (nSPS) is 10.7. The Kier molecular flexibility index (Phi) is 17.5. The average molecular weight is 1020 g/mol. The smallest absolute Gasteiger partial charge is 0.257 e. The van der Waals surface area contributed by atoms with Crippen molar-refractivity contribution >= 4 is 72.9 Å². The molecule has 74 heavy (non-hydrogen) atoms. The molecular formula is C62H60N6O4S2. The Hall–Kier alpha value is -8.32. The minimum absolute atomic E-state index is 0.184. The number of ether oxygens (including phenoxy) is 2. The van der Waals surface area contributed by atoms with Crippen molar-refractivity contribution in [3.05, 3.63) is 244 Å². The van der Waals surface area contributed by atoms with E-state index in [-0.39, 0.29) is 16.9 Å². The highest BCUT2D eigenvalue weighted by atomic mass is 32.1. The van der Waals surface area contributed by atoms with Gasteiger partial charge in [0.2, 0.25) is 0 Å². The molecule has 8 aromatic carbocycles. The van der Waals surface area contributed by atoms with Crippen LogP contribution >= 0.6 is 23.6 Å². The lowest BCUT2D eigenvalue weighted by atomic mass is 10.1. The van der Waals surface area contributed by atoms with Crippen molar-refractivity contribution in [2.45, 2.75) is 53.9 Å². The van der Waals surface area contributed by atoms with Crippen LogP contribution in [-0.4, -0.2) is 36.1 Å². The topological polar surface area (TPSA) is 108 Å². The molecular weight excluding hydrogens is 957 g/mol. The van der Waals surface area contributed by atoms with E-state index < -0.39 is 0 Å². The van der Waals surface area contributed by atoms with Crippen molar-refractivity contribution in [3.8, 4) is 11.5 Å². The molecule has 10 nitrogen and oxygen atoms in total. The van der Waals surface area contributed by atoms with Crippen molar-refractivity contribution < 1.29 is 19.1 Å². The van der Waals surface area contributed by atoms with E-state index in [0.717, 1.165) is 47.8 Å². The number of benzene rings is 8. The molecule has 9 aromatic rings. The fourth-order valence-electron chi connectivity index (χ4n) is 8.22. The van der Waals surface area contributed by atoms with Crippen molar-refractivity contribution in [1.29, 1.82) is 0 Å². The van der Waals surface area contributed by atoms with Crippen LogP contribution < -0.4 is 35.2 Å². The van der Waals surface area contributed by atoms with Crippen molar-refractivity contribution in [2.24, 2.45) is 0 Å². The molecule has 9 rings (SSSR count). The lowest BCUT2D eigenvalue weighted by Crippen LogP contribution is -2.34. The van der Waals surface area contributed by atoms with E-state index in [1.54, 1.807) is 38.5 Å². The number of amides is 2. The molecule has 0 bridgehead atoms. The maximum absolute atomic E-state index is 12.8. The predicted octanol–water partition coefficient (Wildman–Crippen LogP) is 14.0. The summed E-state index contributed by atoms with van der Waals surface area (Å²) >= 11 is 6.92. The number of rotatable bonds is 16. The second kappa shape index (κ2) is 24.9. The highest BCUT2D eigenvalue weighted by Gasteiger charge is 2.20. The van der Waals surface area contributed by atoms with Gasteiger partial charge in [0, 0.05) is 43.0 Å². The molecule has 12 heteroatoms. The second-order valence-electron chi connectivity index (χ2n) is 18.1. The molecule has 374 valence electrons. The molecule has 0 unspecified atom stereocenters. The maximum atomic E-state index is 12.8. The Bertz CT molecular complexity index is 3220. The van der Waals surface area contributed by atoms with Gasteiger partial charge in [0.1, 0.15) is 17.0 Å². The molecule has 0 aliphatic rings. The molecule has 0 fully saturated rings. The number of methoxy groups -OCH3 is 2. The summed E-state index contributed by atoms with van der Waals surface area (Å²) < 4.78 is 12.2. The van der Waals surface area contributed by atoms with Crippen LogP contribution in [0.1, 0.15) is 65.2 Å². The molecule has 0 saturated carbocycles. The zero-order chi connectivity index (χ0) is 52.0. The molecule has 0 aliphatic heterocycles. The van der Waals surface area contributed by atoms with Gasteiger partial charge in [0.05, 0.1) is 30.3 Å². The summed E-state index contributed by atoms with van der Waals surface area (Å²) in [5.41, 5.74) is 14.4. The number of carbonyl (C=O) groups excluding carboxylic acids is 2. The fraction of sp³-hybridized carbons (Fsp3) is 0.161. The number of nitrogens with zero attached hydrogens (tertiary/aromatic N) is 3. The Morgan fingerprint density at radius 2 is 0.946 bits per heavy atom. The Morgan fingerprint density at radius 1 is 0.514 bits per heavy atom. The van der Waals surface area contributed by atoms with E-state index in [1.165, 1.54) is 55.8 Å². The molecule has 1 heterocycles. The van der Waals surface area contributed by atoms with E-state index in [9.17, 15) is 9.59 Å². The molecule has 0 saturated heterocycles. The van der Waals surface area contributed by atoms with Crippen LogP contribution in [0.3, 0.4) is 0 Å². The van der Waals surface area contributed by atoms with Crippen LogP contribution in [-0.2, 0) is 26.2 Å². The highest BCUT2D eigenvalue weighted by Crippen LogP contribution is 2.41. The second-order valence-corrected chi connectivity index (χ2v) is 19.5. The van der Waals surface area contributed by atoms with Crippen LogP contribution in [0.2, 0.25) is 0 Å². The number of aromatic nitrogens is 1. The van der Waals surface area contributed by atoms with Crippen molar-refractivity contribution in [1.82, 2.24) is 10.3 Å². The maximum Gasteiger partial charge on any atom is 0.257 e. The third-order valence-electron chi connectivity index (χ3n) is 12.3. The first-order valence-corrected chi connectivity index (χ1v) is 25.5. The first kappa shape index (κ1) is 52.0. The molecule has 1 aromatic heterocycles. The number of aryl methyl sites for hydroxylation is 4. The number of hydrogen-bond donors (Lipinski definition) is 3. The highest BCUT2D eigenvalue weighted by molar-refractivity contribution is 7.80. The van der Waals surface area contributed by atoms with Gasteiger partial charge in [0.15, 0.2) is 10.2 Å². The third-order valence-corrected chi connectivity index (χ3v) is 13.5. The summed E-state index contributed by atoms with van der Waals surface area (Å²) in [5, 5.41) is 9.61. The standard InChI is InChI=1S/C31H29N3O2S.C31H31N3O2S/c1-21-9-13-23(14-10-21)19-34(20-24-15-11-22(2)12-16-24)26-17-18-27(36-3)28-29(26)37-31(32-28)33-30(35)25-7-5-4-6-8-25;1-22-9-13-24(14-10-22)20-34(21-25-15-11-23(2)12-16-25)27-17-18-29(36-3)28(19-27)32-31(37)33-30(35)26-7-5-4-6-8-26/h4-18H,19-20H2,1-3H3,(H,32,33,35);4-19H,20-21H2,1-3H3,(H2,32,33,35,37). The molecule has 2 amide bonds. The van der Waals surface area contributed by atoms with Crippen LogP contribution in [0.4, 0.5) is 22.2 Å².